The first-order valence-electron chi connectivity index (χ1n) is 4.67. The van der Waals surface area contributed by atoms with Gasteiger partial charge in [-0.05, 0) is 30.4 Å². The van der Waals surface area contributed by atoms with Gasteiger partial charge in [0.05, 0.1) is 6.07 Å². The fraction of sp³-hybridized carbons (Fsp3) is 0.250. The van der Waals surface area contributed by atoms with Crippen molar-refractivity contribution in [2.24, 2.45) is 0 Å². The largest absolute Gasteiger partial charge is 0.198 e. The summed E-state index contributed by atoms with van der Waals surface area (Å²) >= 11 is 1.82. The van der Waals surface area contributed by atoms with Crippen LogP contribution in [0.1, 0.15) is 16.9 Å². The highest BCUT2D eigenvalue weighted by Crippen LogP contribution is 2.31. The van der Waals surface area contributed by atoms with Crippen LogP contribution in [0.15, 0.2) is 24.3 Å². The van der Waals surface area contributed by atoms with Crippen molar-refractivity contribution < 1.29 is 0 Å². The third-order valence-corrected chi connectivity index (χ3v) is 3.52. The molecule has 0 aliphatic carbocycles. The second-order valence-electron chi connectivity index (χ2n) is 3.29. The average molecular weight is 201 g/mol. The standard InChI is InChI=1S/C12H11NS/c1-9-10(6-4-8-13)11-5-2-3-7-12(11)14-9/h2-3,5,7H,4,6H2,1H3. The average Bonchev–Trinajstić information content (AvgIpc) is 2.51. The van der Waals surface area contributed by atoms with Gasteiger partial charge < -0.3 is 0 Å². The maximum atomic E-state index is 8.58. The number of nitrogens with zero attached hydrogens (tertiary/aromatic N) is 1. The van der Waals surface area contributed by atoms with Gasteiger partial charge in [0, 0.05) is 16.0 Å². The smallest absolute Gasteiger partial charge is 0.0625 e. The van der Waals surface area contributed by atoms with Crippen molar-refractivity contribution in [3.8, 4) is 6.07 Å². The number of aryl methyl sites for hydroxylation is 2. The van der Waals surface area contributed by atoms with E-state index in [1.165, 1.54) is 20.5 Å². The molecule has 1 aromatic heterocycles. The lowest BCUT2D eigenvalue weighted by Crippen LogP contribution is -1.83. The molecule has 2 heteroatoms. The van der Waals surface area contributed by atoms with E-state index < -0.39 is 0 Å². The minimum atomic E-state index is 0.613. The Labute approximate surface area is 87.6 Å². The summed E-state index contributed by atoms with van der Waals surface area (Å²) in [5.41, 5.74) is 1.35. The van der Waals surface area contributed by atoms with E-state index in [2.05, 4.69) is 37.3 Å². The molecule has 0 atom stereocenters. The minimum Gasteiger partial charge on any atom is -0.198 e. The van der Waals surface area contributed by atoms with Crippen LogP contribution in [0.5, 0.6) is 0 Å². The Kier molecular flexibility index (Phi) is 2.51. The van der Waals surface area contributed by atoms with Gasteiger partial charge in [0.2, 0.25) is 0 Å². The number of nitriles is 1. The zero-order valence-electron chi connectivity index (χ0n) is 8.08. The van der Waals surface area contributed by atoms with E-state index in [0.717, 1.165) is 6.42 Å². The van der Waals surface area contributed by atoms with Gasteiger partial charge in [0.15, 0.2) is 0 Å². The first-order valence-corrected chi connectivity index (χ1v) is 5.48. The number of hydrogen-bond donors (Lipinski definition) is 0. The number of benzene rings is 1. The molecule has 0 bridgehead atoms. The third-order valence-electron chi connectivity index (χ3n) is 2.39. The van der Waals surface area contributed by atoms with Gasteiger partial charge in [-0.3, -0.25) is 0 Å². The Balaban J connectivity index is 2.52. The number of rotatable bonds is 2. The van der Waals surface area contributed by atoms with Crippen LogP contribution in [0.2, 0.25) is 0 Å². The summed E-state index contributed by atoms with van der Waals surface area (Å²) in [6.07, 6.45) is 1.49. The van der Waals surface area contributed by atoms with Crippen molar-refractivity contribution in [1.29, 1.82) is 5.26 Å². The van der Waals surface area contributed by atoms with Gasteiger partial charge in [-0.2, -0.15) is 5.26 Å². The fourth-order valence-electron chi connectivity index (χ4n) is 1.71. The van der Waals surface area contributed by atoms with Crippen molar-refractivity contribution in [3.05, 3.63) is 34.7 Å². The Morgan fingerprint density at radius 2 is 2.14 bits per heavy atom. The lowest BCUT2D eigenvalue weighted by atomic mass is 10.1. The molecule has 0 fully saturated rings. The summed E-state index contributed by atoms with van der Waals surface area (Å²) < 4.78 is 1.33. The molecule has 0 N–H and O–H groups in total. The molecule has 0 spiro atoms. The first-order chi connectivity index (χ1) is 6.83. The molecular formula is C12H11NS. The molecular weight excluding hydrogens is 190 g/mol. The molecule has 0 aliphatic rings. The zero-order valence-corrected chi connectivity index (χ0v) is 8.90. The molecule has 0 unspecified atom stereocenters. The Morgan fingerprint density at radius 3 is 2.93 bits per heavy atom. The fourth-order valence-corrected chi connectivity index (χ4v) is 2.83. The van der Waals surface area contributed by atoms with Gasteiger partial charge in [0.1, 0.15) is 0 Å². The summed E-state index contributed by atoms with van der Waals surface area (Å²) in [6.45, 7) is 2.14. The number of fused-ring (bicyclic) bond motifs is 1. The molecule has 0 saturated carbocycles. The Hall–Kier alpha value is -1.33. The van der Waals surface area contributed by atoms with Gasteiger partial charge in [0.25, 0.3) is 0 Å². The summed E-state index contributed by atoms with van der Waals surface area (Å²) in [4.78, 5) is 1.35. The number of thiophene rings is 1. The molecule has 0 amide bonds. The Bertz CT molecular complexity index is 490. The van der Waals surface area contributed by atoms with Crippen molar-refractivity contribution in [1.82, 2.24) is 0 Å². The topological polar surface area (TPSA) is 23.8 Å². The van der Waals surface area contributed by atoms with Crippen molar-refractivity contribution in [2.75, 3.05) is 0 Å². The number of hydrogen-bond acceptors (Lipinski definition) is 2. The van der Waals surface area contributed by atoms with E-state index in [9.17, 15) is 0 Å². The highest BCUT2D eigenvalue weighted by atomic mass is 32.1. The van der Waals surface area contributed by atoms with Crippen LogP contribution < -0.4 is 0 Å². The lowest BCUT2D eigenvalue weighted by Gasteiger charge is -1.96. The quantitative estimate of drug-likeness (QED) is 0.727. The maximum Gasteiger partial charge on any atom is 0.0625 e. The molecule has 2 rings (SSSR count). The van der Waals surface area contributed by atoms with Gasteiger partial charge in [-0.15, -0.1) is 11.3 Å². The van der Waals surface area contributed by atoms with Crippen LogP contribution in [0.3, 0.4) is 0 Å². The molecule has 1 aromatic carbocycles. The lowest BCUT2D eigenvalue weighted by molar-refractivity contribution is 1.02. The second-order valence-corrected chi connectivity index (χ2v) is 4.55. The van der Waals surface area contributed by atoms with E-state index in [4.69, 9.17) is 5.26 Å². The monoisotopic (exact) mass is 201 g/mol. The predicted octanol–water partition coefficient (Wildman–Crippen LogP) is 3.67. The molecule has 14 heavy (non-hydrogen) atoms. The molecule has 0 radical (unpaired) electrons. The minimum absolute atomic E-state index is 0.613. The van der Waals surface area contributed by atoms with Crippen LogP contribution in [0.25, 0.3) is 10.1 Å². The van der Waals surface area contributed by atoms with Crippen LogP contribution in [-0.4, -0.2) is 0 Å². The van der Waals surface area contributed by atoms with Gasteiger partial charge in [-0.25, -0.2) is 0 Å². The summed E-state index contributed by atoms with van der Waals surface area (Å²) in [5.74, 6) is 0. The maximum absolute atomic E-state index is 8.58. The van der Waals surface area contributed by atoms with Crippen LogP contribution in [0.4, 0.5) is 0 Å². The van der Waals surface area contributed by atoms with E-state index in [0.29, 0.717) is 6.42 Å². The van der Waals surface area contributed by atoms with Crippen molar-refractivity contribution >= 4 is 21.4 Å². The van der Waals surface area contributed by atoms with Crippen molar-refractivity contribution in [3.63, 3.8) is 0 Å². The molecule has 2 aromatic rings. The van der Waals surface area contributed by atoms with E-state index >= 15 is 0 Å². The highest BCUT2D eigenvalue weighted by molar-refractivity contribution is 7.19. The van der Waals surface area contributed by atoms with E-state index in [-0.39, 0.29) is 0 Å². The first kappa shape index (κ1) is 9.23. The predicted molar refractivity (Wildman–Crippen MR) is 60.5 cm³/mol. The normalized spacial score (nSPS) is 10.3. The molecule has 0 saturated heterocycles. The van der Waals surface area contributed by atoms with Gasteiger partial charge >= 0.3 is 0 Å². The van der Waals surface area contributed by atoms with Crippen LogP contribution >= 0.6 is 11.3 Å². The SMILES string of the molecule is Cc1sc2ccccc2c1CCC#N. The van der Waals surface area contributed by atoms with Gasteiger partial charge in [-0.1, -0.05) is 18.2 Å². The van der Waals surface area contributed by atoms with Crippen molar-refractivity contribution in [2.45, 2.75) is 19.8 Å². The third kappa shape index (κ3) is 1.51. The van der Waals surface area contributed by atoms with E-state index in [1.807, 2.05) is 11.3 Å². The molecule has 70 valence electrons. The highest BCUT2D eigenvalue weighted by Gasteiger charge is 2.07. The molecule has 1 nitrogen and oxygen atoms in total. The zero-order chi connectivity index (χ0) is 9.97. The second kappa shape index (κ2) is 3.81. The summed E-state index contributed by atoms with van der Waals surface area (Å²) in [6, 6.07) is 10.6. The van der Waals surface area contributed by atoms with E-state index in [1.54, 1.807) is 0 Å². The summed E-state index contributed by atoms with van der Waals surface area (Å²) in [5, 5.41) is 9.91. The molecule has 1 heterocycles. The summed E-state index contributed by atoms with van der Waals surface area (Å²) in [7, 11) is 0. The van der Waals surface area contributed by atoms with Crippen LogP contribution in [0, 0.1) is 18.3 Å². The Morgan fingerprint density at radius 1 is 1.36 bits per heavy atom. The van der Waals surface area contributed by atoms with Crippen LogP contribution in [-0.2, 0) is 6.42 Å². The molecule has 0 aliphatic heterocycles.